The molecule has 5 nitrogen and oxygen atoms in total. The highest BCUT2D eigenvalue weighted by Crippen LogP contribution is 2.05. The van der Waals surface area contributed by atoms with Gasteiger partial charge in [0.15, 0.2) is 0 Å². The molecule has 1 aromatic heterocycles. The minimum atomic E-state index is 0.167. The molecule has 0 radical (unpaired) electrons. The summed E-state index contributed by atoms with van der Waals surface area (Å²) in [4.78, 5) is 2.15. The van der Waals surface area contributed by atoms with E-state index in [2.05, 4.69) is 16.1 Å². The Morgan fingerprint density at radius 3 is 2.75 bits per heavy atom. The topological polar surface area (TPSA) is 50.5 Å². The van der Waals surface area contributed by atoms with Crippen LogP contribution in [0.4, 0.5) is 0 Å². The molecule has 0 amide bonds. The van der Waals surface area contributed by atoms with Crippen molar-refractivity contribution in [3.63, 3.8) is 0 Å². The number of aryl methyl sites for hydroxylation is 2. The fourth-order valence-corrected chi connectivity index (χ4v) is 1.67. The molecule has 0 aliphatic rings. The number of rotatable bonds is 7. The molecular weight excluding hydrogens is 206 g/mol. The summed E-state index contributed by atoms with van der Waals surface area (Å²) in [6.45, 7) is 5.10. The second-order valence-electron chi connectivity index (χ2n) is 3.89. The third kappa shape index (κ3) is 3.92. The number of aromatic nitrogens is 2. The Bertz CT molecular complexity index is 312. The van der Waals surface area contributed by atoms with Crippen LogP contribution >= 0.6 is 0 Å². The van der Waals surface area contributed by atoms with Gasteiger partial charge in [-0.05, 0) is 13.0 Å². The zero-order chi connectivity index (χ0) is 12.0. The van der Waals surface area contributed by atoms with Gasteiger partial charge in [-0.1, -0.05) is 0 Å². The first-order chi connectivity index (χ1) is 7.67. The molecule has 1 N–H and O–H groups in total. The molecule has 0 aromatic carbocycles. The maximum absolute atomic E-state index is 8.98. The zero-order valence-corrected chi connectivity index (χ0v) is 10.3. The van der Waals surface area contributed by atoms with Gasteiger partial charge < -0.3 is 9.84 Å². The van der Waals surface area contributed by atoms with Gasteiger partial charge in [-0.15, -0.1) is 0 Å². The van der Waals surface area contributed by atoms with Crippen LogP contribution in [-0.4, -0.2) is 53.2 Å². The van der Waals surface area contributed by atoms with Crippen LogP contribution in [-0.2, 0) is 18.3 Å². The molecule has 0 atom stereocenters. The molecule has 0 aliphatic heterocycles. The molecule has 0 saturated heterocycles. The van der Waals surface area contributed by atoms with Gasteiger partial charge in [0.05, 0.1) is 24.6 Å². The molecule has 0 bridgehead atoms. The number of methoxy groups -OCH3 is 1. The van der Waals surface area contributed by atoms with Gasteiger partial charge in [0.1, 0.15) is 0 Å². The Morgan fingerprint density at radius 2 is 2.25 bits per heavy atom. The van der Waals surface area contributed by atoms with Crippen LogP contribution in [0.5, 0.6) is 0 Å². The van der Waals surface area contributed by atoms with E-state index >= 15 is 0 Å². The summed E-state index contributed by atoms with van der Waals surface area (Å²) in [5.41, 5.74) is 2.18. The summed E-state index contributed by atoms with van der Waals surface area (Å²) < 4.78 is 6.93. The number of nitrogens with zero attached hydrogens (tertiary/aromatic N) is 3. The van der Waals surface area contributed by atoms with Crippen molar-refractivity contribution in [1.29, 1.82) is 0 Å². The highest BCUT2D eigenvalue weighted by molar-refractivity contribution is 5.08. The molecule has 0 aliphatic carbocycles. The number of hydrogen-bond acceptors (Lipinski definition) is 4. The molecule has 16 heavy (non-hydrogen) atoms. The lowest BCUT2D eigenvalue weighted by Gasteiger charge is -2.20. The smallest absolute Gasteiger partial charge is 0.0597 e. The summed E-state index contributed by atoms with van der Waals surface area (Å²) >= 11 is 0. The van der Waals surface area contributed by atoms with Crippen LogP contribution < -0.4 is 0 Å². The second kappa shape index (κ2) is 6.62. The lowest BCUT2D eigenvalue weighted by molar-refractivity contribution is 0.125. The van der Waals surface area contributed by atoms with Crippen LogP contribution in [0.2, 0.25) is 0 Å². The van der Waals surface area contributed by atoms with Gasteiger partial charge in [-0.25, -0.2) is 0 Å². The molecule has 0 saturated carbocycles. The lowest BCUT2D eigenvalue weighted by atomic mass is 10.3. The van der Waals surface area contributed by atoms with Crippen molar-refractivity contribution in [1.82, 2.24) is 14.7 Å². The molecule has 92 valence electrons. The van der Waals surface area contributed by atoms with E-state index in [1.54, 1.807) is 7.11 Å². The Balaban J connectivity index is 2.56. The first-order valence-electron chi connectivity index (χ1n) is 5.49. The molecule has 5 heteroatoms. The maximum atomic E-state index is 8.98. The molecule has 1 aromatic rings. The van der Waals surface area contributed by atoms with Gasteiger partial charge in [0.2, 0.25) is 0 Å². The van der Waals surface area contributed by atoms with E-state index in [1.165, 1.54) is 0 Å². The standard InChI is InChI=1S/C11H21N3O2/c1-10-8-11(13(2)12-10)9-14(4-6-15)5-7-16-3/h8,15H,4-7,9H2,1-3H3. The summed E-state index contributed by atoms with van der Waals surface area (Å²) in [6, 6.07) is 2.07. The Labute approximate surface area is 96.6 Å². The van der Waals surface area contributed by atoms with E-state index in [1.807, 2.05) is 18.7 Å². The lowest BCUT2D eigenvalue weighted by Crippen LogP contribution is -2.30. The predicted octanol–water partition coefficient (Wildman–Crippen LogP) is 0.169. The predicted molar refractivity (Wildman–Crippen MR) is 62.2 cm³/mol. The van der Waals surface area contributed by atoms with Crippen molar-refractivity contribution in [2.24, 2.45) is 7.05 Å². The Hall–Kier alpha value is -0.910. The molecule has 0 fully saturated rings. The van der Waals surface area contributed by atoms with Crippen LogP contribution in [0.1, 0.15) is 11.4 Å². The van der Waals surface area contributed by atoms with Crippen molar-refractivity contribution in [2.75, 3.05) is 33.4 Å². The van der Waals surface area contributed by atoms with E-state index < -0.39 is 0 Å². The second-order valence-corrected chi connectivity index (χ2v) is 3.89. The number of aliphatic hydroxyl groups is 1. The summed E-state index contributed by atoms with van der Waals surface area (Å²) in [6.07, 6.45) is 0. The van der Waals surface area contributed by atoms with Gasteiger partial charge in [-0.3, -0.25) is 9.58 Å². The van der Waals surface area contributed by atoms with Gasteiger partial charge in [-0.2, -0.15) is 5.10 Å². The van der Waals surface area contributed by atoms with Crippen LogP contribution in [0.15, 0.2) is 6.07 Å². The number of aliphatic hydroxyl groups excluding tert-OH is 1. The fourth-order valence-electron chi connectivity index (χ4n) is 1.67. The van der Waals surface area contributed by atoms with Crippen molar-refractivity contribution < 1.29 is 9.84 Å². The largest absolute Gasteiger partial charge is 0.395 e. The van der Waals surface area contributed by atoms with E-state index in [0.717, 1.165) is 24.5 Å². The molecule has 0 spiro atoms. The van der Waals surface area contributed by atoms with Gasteiger partial charge in [0, 0.05) is 33.8 Å². The molecule has 0 unspecified atom stereocenters. The Kier molecular flexibility index (Phi) is 5.45. The van der Waals surface area contributed by atoms with E-state index in [4.69, 9.17) is 9.84 Å². The highest BCUT2D eigenvalue weighted by Gasteiger charge is 2.08. The van der Waals surface area contributed by atoms with Crippen LogP contribution in [0.3, 0.4) is 0 Å². The Morgan fingerprint density at radius 1 is 1.50 bits per heavy atom. The van der Waals surface area contributed by atoms with Crippen molar-refractivity contribution in [2.45, 2.75) is 13.5 Å². The summed E-state index contributed by atoms with van der Waals surface area (Å²) in [5, 5.41) is 13.3. The van der Waals surface area contributed by atoms with Crippen LogP contribution in [0, 0.1) is 6.92 Å². The highest BCUT2D eigenvalue weighted by atomic mass is 16.5. The molecular formula is C11H21N3O2. The van der Waals surface area contributed by atoms with Crippen molar-refractivity contribution in [3.05, 3.63) is 17.5 Å². The third-order valence-electron chi connectivity index (χ3n) is 2.51. The monoisotopic (exact) mass is 227 g/mol. The van der Waals surface area contributed by atoms with E-state index in [-0.39, 0.29) is 6.61 Å². The third-order valence-corrected chi connectivity index (χ3v) is 2.51. The minimum absolute atomic E-state index is 0.167. The van der Waals surface area contributed by atoms with Gasteiger partial charge >= 0.3 is 0 Å². The fraction of sp³-hybridized carbons (Fsp3) is 0.727. The summed E-state index contributed by atoms with van der Waals surface area (Å²) in [5.74, 6) is 0. The number of hydrogen-bond donors (Lipinski definition) is 1. The van der Waals surface area contributed by atoms with Crippen LogP contribution in [0.25, 0.3) is 0 Å². The SMILES string of the molecule is COCCN(CCO)Cc1cc(C)nn1C. The first-order valence-corrected chi connectivity index (χ1v) is 5.49. The van der Waals surface area contributed by atoms with Gasteiger partial charge in [0.25, 0.3) is 0 Å². The molecule has 1 heterocycles. The average Bonchev–Trinajstić information content (AvgIpc) is 2.54. The van der Waals surface area contributed by atoms with E-state index in [0.29, 0.717) is 13.2 Å². The number of ether oxygens (including phenoxy) is 1. The normalized spacial score (nSPS) is 11.3. The first kappa shape index (κ1) is 13.2. The zero-order valence-electron chi connectivity index (χ0n) is 10.3. The van der Waals surface area contributed by atoms with Crippen molar-refractivity contribution in [3.8, 4) is 0 Å². The molecule has 1 rings (SSSR count). The maximum Gasteiger partial charge on any atom is 0.0597 e. The quantitative estimate of drug-likeness (QED) is 0.721. The minimum Gasteiger partial charge on any atom is -0.395 e. The average molecular weight is 227 g/mol. The summed E-state index contributed by atoms with van der Waals surface area (Å²) in [7, 11) is 3.63. The van der Waals surface area contributed by atoms with Crippen molar-refractivity contribution >= 4 is 0 Å². The van der Waals surface area contributed by atoms with E-state index in [9.17, 15) is 0 Å².